The summed E-state index contributed by atoms with van der Waals surface area (Å²) in [7, 11) is 0. The molecule has 0 aromatic heterocycles. The van der Waals surface area contributed by atoms with Crippen LogP contribution in [0.1, 0.15) is 51.9 Å². The summed E-state index contributed by atoms with van der Waals surface area (Å²) in [4.78, 5) is 11.8. The number of nitrogens with two attached hydrogens (primary N) is 1. The first kappa shape index (κ1) is 13.7. The fourth-order valence-corrected chi connectivity index (χ4v) is 2.17. The molecule has 0 spiro atoms. The highest BCUT2D eigenvalue weighted by atomic mass is 16.5. The Morgan fingerprint density at radius 3 is 2.50 bits per heavy atom. The van der Waals surface area contributed by atoms with E-state index < -0.39 is 0 Å². The van der Waals surface area contributed by atoms with Crippen LogP contribution in [0.2, 0.25) is 0 Å². The van der Waals surface area contributed by atoms with Gasteiger partial charge in [-0.1, -0.05) is 39.0 Å². The topological polar surface area (TPSA) is 52.3 Å². The van der Waals surface area contributed by atoms with Crippen molar-refractivity contribution in [2.24, 2.45) is 11.7 Å². The van der Waals surface area contributed by atoms with Gasteiger partial charge in [0.15, 0.2) is 0 Å². The van der Waals surface area contributed by atoms with E-state index >= 15 is 0 Å². The molecule has 0 saturated carbocycles. The van der Waals surface area contributed by atoms with Gasteiger partial charge in [-0.2, -0.15) is 0 Å². The third-order valence-electron chi connectivity index (χ3n) is 3.31. The van der Waals surface area contributed by atoms with Gasteiger partial charge >= 0.3 is 0 Å². The molecule has 0 bridgehead atoms. The summed E-state index contributed by atoms with van der Waals surface area (Å²) >= 11 is 0. The van der Waals surface area contributed by atoms with Gasteiger partial charge in [0.05, 0.1) is 19.1 Å². The molecule has 0 amide bonds. The third kappa shape index (κ3) is 4.62. The molecular formula is C13H25NO2. The maximum Gasteiger partial charge on any atom is 0.139 e. The van der Waals surface area contributed by atoms with Gasteiger partial charge in [-0.05, 0) is 6.42 Å². The predicted octanol–water partition coefficient (Wildman–Crippen LogP) is 2.28. The summed E-state index contributed by atoms with van der Waals surface area (Å²) in [6.45, 7) is 3.30. The first-order chi connectivity index (χ1) is 7.75. The summed E-state index contributed by atoms with van der Waals surface area (Å²) in [6, 6.07) is -0.0624. The van der Waals surface area contributed by atoms with Crippen molar-refractivity contribution in [2.75, 3.05) is 13.2 Å². The van der Waals surface area contributed by atoms with Crippen LogP contribution < -0.4 is 5.73 Å². The zero-order valence-electron chi connectivity index (χ0n) is 10.4. The lowest BCUT2D eigenvalue weighted by Gasteiger charge is -2.11. The molecular weight excluding hydrogens is 202 g/mol. The summed E-state index contributed by atoms with van der Waals surface area (Å²) in [6.07, 6.45) is 8.03. The molecule has 1 saturated heterocycles. The molecule has 1 fully saturated rings. The highest BCUT2D eigenvalue weighted by Crippen LogP contribution is 2.16. The molecule has 2 unspecified atom stereocenters. The molecule has 1 rings (SSSR count). The van der Waals surface area contributed by atoms with Crippen LogP contribution in [0.5, 0.6) is 0 Å². The number of hydrogen-bond donors (Lipinski definition) is 1. The van der Waals surface area contributed by atoms with E-state index in [1.807, 2.05) is 0 Å². The van der Waals surface area contributed by atoms with Crippen LogP contribution in [0.15, 0.2) is 0 Å². The highest BCUT2D eigenvalue weighted by Gasteiger charge is 2.30. The van der Waals surface area contributed by atoms with Gasteiger partial charge < -0.3 is 10.5 Å². The standard InChI is InChI=1S/C13H25NO2/c1-2-3-4-5-6-7-8-13(15)11-9-16-10-12(11)14/h11-12H,2-10,14H2,1H3. The Morgan fingerprint density at radius 2 is 1.88 bits per heavy atom. The molecule has 1 aliphatic heterocycles. The van der Waals surface area contributed by atoms with Crippen molar-refractivity contribution in [2.45, 2.75) is 57.9 Å². The largest absolute Gasteiger partial charge is 0.379 e. The van der Waals surface area contributed by atoms with Gasteiger partial charge in [-0.3, -0.25) is 4.79 Å². The van der Waals surface area contributed by atoms with Crippen LogP contribution in [0, 0.1) is 5.92 Å². The zero-order chi connectivity index (χ0) is 11.8. The van der Waals surface area contributed by atoms with Gasteiger partial charge in [-0.15, -0.1) is 0 Å². The van der Waals surface area contributed by atoms with Crippen molar-refractivity contribution < 1.29 is 9.53 Å². The second-order valence-corrected chi connectivity index (χ2v) is 4.79. The lowest BCUT2D eigenvalue weighted by molar-refractivity contribution is -0.123. The smallest absolute Gasteiger partial charge is 0.139 e. The molecule has 0 aliphatic carbocycles. The molecule has 0 aromatic rings. The molecule has 1 heterocycles. The number of Topliss-reactive ketones (excluding diaryl/α,β-unsaturated/α-hetero) is 1. The van der Waals surface area contributed by atoms with Crippen LogP contribution in [0.4, 0.5) is 0 Å². The Bertz CT molecular complexity index is 206. The number of carbonyl (C=O) groups excluding carboxylic acids is 1. The summed E-state index contributed by atoms with van der Waals surface area (Å²) < 4.78 is 5.20. The fraction of sp³-hybridized carbons (Fsp3) is 0.923. The lowest BCUT2D eigenvalue weighted by atomic mass is 9.95. The van der Waals surface area contributed by atoms with Crippen molar-refractivity contribution in [1.82, 2.24) is 0 Å². The molecule has 3 heteroatoms. The van der Waals surface area contributed by atoms with Gasteiger partial charge in [0.1, 0.15) is 5.78 Å². The van der Waals surface area contributed by atoms with E-state index in [0.29, 0.717) is 25.4 Å². The molecule has 94 valence electrons. The molecule has 0 radical (unpaired) electrons. The number of ether oxygens (including phenoxy) is 1. The third-order valence-corrected chi connectivity index (χ3v) is 3.31. The molecule has 16 heavy (non-hydrogen) atoms. The second kappa shape index (κ2) is 7.80. The average Bonchev–Trinajstić information content (AvgIpc) is 2.69. The summed E-state index contributed by atoms with van der Waals surface area (Å²) in [5.41, 5.74) is 5.80. The molecule has 2 atom stereocenters. The van der Waals surface area contributed by atoms with Crippen LogP contribution >= 0.6 is 0 Å². The average molecular weight is 227 g/mol. The Balaban J connectivity index is 2.02. The lowest BCUT2D eigenvalue weighted by Crippen LogP contribution is -2.33. The van der Waals surface area contributed by atoms with Gasteiger partial charge in [0, 0.05) is 12.5 Å². The Morgan fingerprint density at radius 1 is 1.19 bits per heavy atom. The summed E-state index contributed by atoms with van der Waals surface area (Å²) in [5, 5.41) is 0. The number of hydrogen-bond acceptors (Lipinski definition) is 3. The second-order valence-electron chi connectivity index (χ2n) is 4.79. The summed E-state index contributed by atoms with van der Waals surface area (Å²) in [5.74, 6) is 0.274. The van der Waals surface area contributed by atoms with Crippen molar-refractivity contribution in [3.05, 3.63) is 0 Å². The van der Waals surface area contributed by atoms with Gasteiger partial charge in [0.25, 0.3) is 0 Å². The van der Waals surface area contributed by atoms with Crippen molar-refractivity contribution in [3.8, 4) is 0 Å². The number of rotatable bonds is 8. The molecule has 1 aliphatic rings. The van der Waals surface area contributed by atoms with Gasteiger partial charge in [0.2, 0.25) is 0 Å². The number of carbonyl (C=O) groups is 1. The van der Waals surface area contributed by atoms with E-state index in [9.17, 15) is 4.79 Å². The monoisotopic (exact) mass is 227 g/mol. The van der Waals surface area contributed by atoms with E-state index in [1.165, 1.54) is 32.1 Å². The Hall–Kier alpha value is -0.410. The van der Waals surface area contributed by atoms with Crippen molar-refractivity contribution in [3.63, 3.8) is 0 Å². The van der Waals surface area contributed by atoms with E-state index in [1.54, 1.807) is 0 Å². The highest BCUT2D eigenvalue weighted by molar-refractivity contribution is 5.82. The Labute approximate surface area is 98.7 Å². The molecule has 0 aromatic carbocycles. The van der Waals surface area contributed by atoms with Crippen LogP contribution in [-0.4, -0.2) is 25.0 Å². The fourth-order valence-electron chi connectivity index (χ4n) is 2.17. The Kier molecular flexibility index (Phi) is 6.65. The number of unbranched alkanes of at least 4 members (excludes halogenated alkanes) is 5. The van der Waals surface area contributed by atoms with Crippen molar-refractivity contribution >= 4 is 5.78 Å². The van der Waals surface area contributed by atoms with Crippen LogP contribution in [-0.2, 0) is 9.53 Å². The van der Waals surface area contributed by atoms with E-state index in [2.05, 4.69) is 6.92 Å². The first-order valence-corrected chi connectivity index (χ1v) is 6.61. The number of ketones is 1. The van der Waals surface area contributed by atoms with E-state index in [-0.39, 0.29) is 12.0 Å². The maximum absolute atomic E-state index is 11.8. The normalized spacial score (nSPS) is 24.9. The first-order valence-electron chi connectivity index (χ1n) is 6.61. The predicted molar refractivity (Wildman–Crippen MR) is 65.3 cm³/mol. The quantitative estimate of drug-likeness (QED) is 0.647. The SMILES string of the molecule is CCCCCCCCC(=O)C1COCC1N. The maximum atomic E-state index is 11.8. The van der Waals surface area contributed by atoms with Crippen molar-refractivity contribution in [1.29, 1.82) is 0 Å². The zero-order valence-corrected chi connectivity index (χ0v) is 10.4. The minimum Gasteiger partial charge on any atom is -0.379 e. The molecule has 2 N–H and O–H groups in total. The van der Waals surface area contributed by atoms with Gasteiger partial charge in [-0.25, -0.2) is 0 Å². The molecule has 3 nitrogen and oxygen atoms in total. The van der Waals surface area contributed by atoms with E-state index in [4.69, 9.17) is 10.5 Å². The van der Waals surface area contributed by atoms with Crippen LogP contribution in [0.25, 0.3) is 0 Å². The van der Waals surface area contributed by atoms with E-state index in [0.717, 1.165) is 6.42 Å². The minimum absolute atomic E-state index is 0.0318. The van der Waals surface area contributed by atoms with Crippen LogP contribution in [0.3, 0.4) is 0 Å². The minimum atomic E-state index is -0.0624.